The summed E-state index contributed by atoms with van der Waals surface area (Å²) in [6.07, 6.45) is 1.22. The number of rotatable bonds is 7. The van der Waals surface area contributed by atoms with Crippen LogP contribution in [0.5, 0.6) is 5.75 Å². The second-order valence-electron chi connectivity index (χ2n) is 6.57. The van der Waals surface area contributed by atoms with Gasteiger partial charge in [-0.15, -0.1) is 24.0 Å². The van der Waals surface area contributed by atoms with Crippen molar-refractivity contribution in [3.05, 3.63) is 59.9 Å². The Morgan fingerprint density at radius 1 is 1.21 bits per heavy atom. The van der Waals surface area contributed by atoms with Gasteiger partial charge < -0.3 is 20.7 Å². The maximum absolute atomic E-state index is 12.9. The van der Waals surface area contributed by atoms with Crippen LogP contribution in [-0.2, 0) is 4.79 Å². The number of fused-ring (bicyclic) bond motifs is 1. The summed E-state index contributed by atoms with van der Waals surface area (Å²) in [7, 11) is 1.71. The van der Waals surface area contributed by atoms with E-state index in [0.29, 0.717) is 37.8 Å². The largest absolute Gasteiger partial charge is 0.494 e. The van der Waals surface area contributed by atoms with Gasteiger partial charge in [0.25, 0.3) is 0 Å². The van der Waals surface area contributed by atoms with Crippen molar-refractivity contribution >= 4 is 41.5 Å². The Labute approximate surface area is 187 Å². The predicted octanol–water partition coefficient (Wildman–Crippen LogP) is 3.50. The van der Waals surface area contributed by atoms with E-state index in [1.165, 1.54) is 12.1 Å². The molecule has 1 atom stereocenters. The Bertz CT molecular complexity index is 830. The SMILES string of the molecule is CN=C(NCCCOc1ccc(F)cc1)NCC1CC(=O)Nc2ccccc21.I. The number of anilines is 1. The number of hydrogen-bond acceptors (Lipinski definition) is 3. The van der Waals surface area contributed by atoms with E-state index in [4.69, 9.17) is 4.74 Å². The van der Waals surface area contributed by atoms with Crippen molar-refractivity contribution in [3.63, 3.8) is 0 Å². The number of nitrogens with zero attached hydrogens (tertiary/aromatic N) is 1. The van der Waals surface area contributed by atoms with E-state index in [9.17, 15) is 9.18 Å². The summed E-state index contributed by atoms with van der Waals surface area (Å²) in [5.74, 6) is 1.20. The summed E-state index contributed by atoms with van der Waals surface area (Å²) in [6, 6.07) is 13.9. The van der Waals surface area contributed by atoms with Gasteiger partial charge in [-0.3, -0.25) is 9.79 Å². The predicted molar refractivity (Wildman–Crippen MR) is 124 cm³/mol. The number of carbonyl (C=O) groups is 1. The summed E-state index contributed by atoms with van der Waals surface area (Å²) in [5, 5.41) is 9.44. The molecule has 0 spiro atoms. The number of amides is 1. The van der Waals surface area contributed by atoms with Crippen LogP contribution < -0.4 is 20.7 Å². The lowest BCUT2D eigenvalue weighted by atomic mass is 9.90. The van der Waals surface area contributed by atoms with Gasteiger partial charge in [0.1, 0.15) is 11.6 Å². The zero-order valence-electron chi connectivity index (χ0n) is 16.3. The minimum atomic E-state index is -0.276. The van der Waals surface area contributed by atoms with Gasteiger partial charge in [-0.05, 0) is 42.3 Å². The molecule has 1 unspecified atom stereocenters. The average molecular weight is 512 g/mol. The number of halogens is 2. The second-order valence-corrected chi connectivity index (χ2v) is 6.57. The molecule has 0 saturated carbocycles. The quantitative estimate of drug-likeness (QED) is 0.230. The van der Waals surface area contributed by atoms with Gasteiger partial charge in [0.2, 0.25) is 5.91 Å². The molecule has 0 radical (unpaired) electrons. The van der Waals surface area contributed by atoms with Crippen molar-refractivity contribution in [1.82, 2.24) is 10.6 Å². The molecule has 0 aliphatic carbocycles. The van der Waals surface area contributed by atoms with Gasteiger partial charge in [-0.1, -0.05) is 18.2 Å². The Kier molecular flexibility index (Phi) is 9.17. The van der Waals surface area contributed by atoms with Gasteiger partial charge in [0, 0.05) is 38.2 Å². The van der Waals surface area contributed by atoms with E-state index < -0.39 is 0 Å². The van der Waals surface area contributed by atoms with E-state index in [1.807, 2.05) is 24.3 Å². The third kappa shape index (κ3) is 6.88. The van der Waals surface area contributed by atoms with Gasteiger partial charge >= 0.3 is 0 Å². The third-order valence-corrected chi connectivity index (χ3v) is 4.54. The molecule has 1 heterocycles. The van der Waals surface area contributed by atoms with Crippen LogP contribution in [0.2, 0.25) is 0 Å². The fourth-order valence-electron chi connectivity index (χ4n) is 3.12. The van der Waals surface area contributed by atoms with Crippen LogP contribution in [0.15, 0.2) is 53.5 Å². The molecule has 0 saturated heterocycles. The number of para-hydroxylation sites is 1. The number of benzene rings is 2. The number of guanidine groups is 1. The highest BCUT2D eigenvalue weighted by molar-refractivity contribution is 14.0. The molecule has 2 aromatic rings. The summed E-state index contributed by atoms with van der Waals surface area (Å²) in [4.78, 5) is 16.1. The molecule has 29 heavy (non-hydrogen) atoms. The first kappa shape index (κ1) is 22.9. The highest BCUT2D eigenvalue weighted by Crippen LogP contribution is 2.31. The maximum atomic E-state index is 12.9. The van der Waals surface area contributed by atoms with Gasteiger partial charge in [-0.2, -0.15) is 0 Å². The zero-order valence-corrected chi connectivity index (χ0v) is 18.6. The van der Waals surface area contributed by atoms with Crippen molar-refractivity contribution < 1.29 is 13.9 Å². The van der Waals surface area contributed by atoms with Crippen molar-refractivity contribution in [2.75, 3.05) is 32.1 Å². The molecule has 2 aromatic carbocycles. The molecule has 1 aliphatic heterocycles. The summed E-state index contributed by atoms with van der Waals surface area (Å²) < 4.78 is 18.4. The minimum absolute atomic E-state index is 0. The molecule has 156 valence electrons. The van der Waals surface area contributed by atoms with Crippen molar-refractivity contribution in [3.8, 4) is 5.75 Å². The van der Waals surface area contributed by atoms with Crippen molar-refractivity contribution in [1.29, 1.82) is 0 Å². The minimum Gasteiger partial charge on any atom is -0.494 e. The molecular weight excluding hydrogens is 486 g/mol. The average Bonchev–Trinajstić information content (AvgIpc) is 2.71. The van der Waals surface area contributed by atoms with Crippen LogP contribution in [0.1, 0.15) is 24.3 Å². The lowest BCUT2D eigenvalue weighted by Gasteiger charge is -2.26. The van der Waals surface area contributed by atoms with Gasteiger partial charge in [0.15, 0.2) is 5.96 Å². The van der Waals surface area contributed by atoms with E-state index in [0.717, 1.165) is 17.7 Å². The summed E-state index contributed by atoms with van der Waals surface area (Å²) in [6.45, 7) is 1.82. The number of hydrogen-bond donors (Lipinski definition) is 3. The van der Waals surface area contributed by atoms with E-state index in [-0.39, 0.29) is 41.6 Å². The highest BCUT2D eigenvalue weighted by atomic mass is 127. The first-order valence-electron chi connectivity index (χ1n) is 9.37. The van der Waals surface area contributed by atoms with Crippen LogP contribution in [0.4, 0.5) is 10.1 Å². The Hall–Kier alpha value is -2.36. The zero-order chi connectivity index (χ0) is 19.8. The van der Waals surface area contributed by atoms with E-state index in [2.05, 4.69) is 20.9 Å². The highest BCUT2D eigenvalue weighted by Gasteiger charge is 2.24. The standard InChI is InChI=1S/C21H25FN4O2.HI/c1-23-21(24-11-4-12-28-17-9-7-16(22)8-10-17)25-14-15-13-20(27)26-19-6-3-2-5-18(15)19;/h2-3,5-10,15H,4,11-14H2,1H3,(H,26,27)(H2,23,24,25);1H. The fourth-order valence-corrected chi connectivity index (χ4v) is 3.12. The monoisotopic (exact) mass is 512 g/mol. The van der Waals surface area contributed by atoms with Crippen LogP contribution >= 0.6 is 24.0 Å². The molecule has 6 nitrogen and oxygen atoms in total. The number of carbonyl (C=O) groups excluding carboxylic acids is 1. The number of nitrogens with one attached hydrogen (secondary N) is 3. The second kappa shape index (κ2) is 11.6. The van der Waals surface area contributed by atoms with Crippen molar-refractivity contribution in [2.24, 2.45) is 4.99 Å². The molecule has 3 rings (SSSR count). The summed E-state index contributed by atoms with van der Waals surface area (Å²) in [5.41, 5.74) is 2.02. The van der Waals surface area contributed by atoms with E-state index >= 15 is 0 Å². The molecular formula is C21H26FIN4O2. The smallest absolute Gasteiger partial charge is 0.225 e. The first-order valence-corrected chi connectivity index (χ1v) is 9.37. The lowest BCUT2D eigenvalue weighted by Crippen LogP contribution is -2.41. The molecule has 3 N–H and O–H groups in total. The lowest BCUT2D eigenvalue weighted by molar-refractivity contribution is -0.116. The molecule has 1 amide bonds. The Balaban J connectivity index is 0.00000300. The normalized spacial score (nSPS) is 15.6. The maximum Gasteiger partial charge on any atom is 0.225 e. The third-order valence-electron chi connectivity index (χ3n) is 4.54. The molecule has 0 aromatic heterocycles. The molecule has 0 fully saturated rings. The Morgan fingerprint density at radius 2 is 1.97 bits per heavy atom. The molecule has 8 heteroatoms. The number of aliphatic imine (C=N–C) groups is 1. The summed E-state index contributed by atoms with van der Waals surface area (Å²) >= 11 is 0. The molecule has 1 aliphatic rings. The number of ether oxygens (including phenoxy) is 1. The molecule has 0 bridgehead atoms. The fraction of sp³-hybridized carbons (Fsp3) is 0.333. The van der Waals surface area contributed by atoms with Crippen LogP contribution in [0, 0.1) is 5.82 Å². The van der Waals surface area contributed by atoms with Crippen LogP contribution in [0.25, 0.3) is 0 Å². The van der Waals surface area contributed by atoms with Crippen molar-refractivity contribution in [2.45, 2.75) is 18.8 Å². The van der Waals surface area contributed by atoms with Gasteiger partial charge in [0.05, 0.1) is 6.61 Å². The topological polar surface area (TPSA) is 74.8 Å². The van der Waals surface area contributed by atoms with Crippen LogP contribution in [0.3, 0.4) is 0 Å². The first-order chi connectivity index (χ1) is 13.7. The van der Waals surface area contributed by atoms with E-state index in [1.54, 1.807) is 19.2 Å². The van der Waals surface area contributed by atoms with Gasteiger partial charge in [-0.25, -0.2) is 4.39 Å². The Morgan fingerprint density at radius 3 is 2.72 bits per heavy atom. The van der Waals surface area contributed by atoms with Crippen LogP contribution in [-0.4, -0.2) is 38.6 Å².